The van der Waals surface area contributed by atoms with Gasteiger partial charge in [-0.3, -0.25) is 10.1 Å². The van der Waals surface area contributed by atoms with Crippen LogP contribution in [0.4, 0.5) is 20.2 Å². The highest BCUT2D eigenvalue weighted by atomic mass is 19.1. The van der Waals surface area contributed by atoms with Crippen molar-refractivity contribution in [3.05, 3.63) is 46.0 Å². The summed E-state index contributed by atoms with van der Waals surface area (Å²) in [6.07, 6.45) is 3.56. The lowest BCUT2D eigenvalue weighted by Gasteiger charge is -2.18. The van der Waals surface area contributed by atoms with Crippen molar-refractivity contribution in [3.63, 3.8) is 0 Å². The molecule has 2 rings (SSSR count). The van der Waals surface area contributed by atoms with Gasteiger partial charge >= 0.3 is 0 Å². The van der Waals surface area contributed by atoms with Crippen molar-refractivity contribution in [3.8, 4) is 0 Å². The van der Waals surface area contributed by atoms with Crippen LogP contribution >= 0.6 is 0 Å². The average molecular weight is 226 g/mol. The second kappa shape index (κ2) is 3.88. The maximum absolute atomic E-state index is 13.5. The van der Waals surface area contributed by atoms with E-state index < -0.39 is 22.2 Å². The number of halogens is 2. The minimum absolute atomic E-state index is 0.212. The van der Waals surface area contributed by atoms with Crippen LogP contribution in [-0.2, 0) is 0 Å². The van der Waals surface area contributed by atoms with Crippen molar-refractivity contribution in [2.75, 3.05) is 18.0 Å². The predicted molar refractivity (Wildman–Crippen MR) is 54.4 cm³/mol. The Morgan fingerprint density at radius 2 is 1.69 bits per heavy atom. The van der Waals surface area contributed by atoms with Crippen molar-refractivity contribution >= 4 is 11.4 Å². The molecule has 16 heavy (non-hydrogen) atoms. The van der Waals surface area contributed by atoms with Crippen LogP contribution in [-0.4, -0.2) is 18.0 Å². The number of rotatable bonds is 2. The first-order chi connectivity index (χ1) is 7.59. The molecule has 0 radical (unpaired) electrons. The first kappa shape index (κ1) is 10.5. The molecule has 0 fully saturated rings. The molecule has 0 atom stereocenters. The van der Waals surface area contributed by atoms with Gasteiger partial charge < -0.3 is 4.90 Å². The first-order valence-electron chi connectivity index (χ1n) is 4.63. The fourth-order valence-electron chi connectivity index (χ4n) is 1.62. The Bertz CT molecular complexity index is 443. The van der Waals surface area contributed by atoms with Crippen LogP contribution in [0, 0.1) is 21.7 Å². The number of hydrogen-bond donors (Lipinski definition) is 0. The van der Waals surface area contributed by atoms with Crippen molar-refractivity contribution in [1.29, 1.82) is 0 Å². The highest BCUT2D eigenvalue weighted by molar-refractivity contribution is 5.55. The third-order valence-corrected chi connectivity index (χ3v) is 2.35. The van der Waals surface area contributed by atoms with E-state index in [9.17, 15) is 18.9 Å². The summed E-state index contributed by atoms with van der Waals surface area (Å²) < 4.78 is 27.0. The maximum atomic E-state index is 13.5. The molecule has 1 heterocycles. The Kier molecular flexibility index (Phi) is 2.55. The van der Waals surface area contributed by atoms with E-state index in [0.717, 1.165) is 12.1 Å². The van der Waals surface area contributed by atoms with Gasteiger partial charge in [0.1, 0.15) is 5.69 Å². The fraction of sp³-hybridized carbons (Fsp3) is 0.200. The molecule has 0 unspecified atom stereocenters. The van der Waals surface area contributed by atoms with E-state index in [1.54, 1.807) is 12.2 Å². The first-order valence-corrected chi connectivity index (χ1v) is 4.63. The number of benzene rings is 1. The summed E-state index contributed by atoms with van der Waals surface area (Å²) in [5.74, 6) is -1.81. The second-order valence-corrected chi connectivity index (χ2v) is 3.39. The molecule has 0 saturated carbocycles. The molecule has 6 heteroatoms. The van der Waals surface area contributed by atoms with Crippen molar-refractivity contribution in [2.24, 2.45) is 0 Å². The number of nitro benzene ring substituents is 1. The lowest BCUT2D eigenvalue weighted by Crippen LogP contribution is -2.21. The van der Waals surface area contributed by atoms with Crippen LogP contribution in [0.2, 0.25) is 0 Å². The number of anilines is 1. The van der Waals surface area contributed by atoms with Crippen LogP contribution < -0.4 is 4.90 Å². The van der Waals surface area contributed by atoms with Gasteiger partial charge in [-0.25, -0.2) is 8.78 Å². The normalized spacial score (nSPS) is 14.5. The fourth-order valence-corrected chi connectivity index (χ4v) is 1.62. The molecule has 1 aromatic carbocycles. The molecule has 1 aliphatic rings. The smallest absolute Gasteiger partial charge is 0.275 e. The van der Waals surface area contributed by atoms with Gasteiger partial charge in [0.05, 0.1) is 17.1 Å². The predicted octanol–water partition coefficient (Wildman–Crippen LogP) is 2.25. The van der Waals surface area contributed by atoms with Gasteiger partial charge in [0.2, 0.25) is 0 Å². The molecule has 0 amide bonds. The second-order valence-electron chi connectivity index (χ2n) is 3.39. The molecule has 4 nitrogen and oxygen atoms in total. The zero-order valence-electron chi connectivity index (χ0n) is 8.19. The van der Waals surface area contributed by atoms with Crippen molar-refractivity contribution < 1.29 is 13.7 Å². The van der Waals surface area contributed by atoms with Crippen LogP contribution in [0.1, 0.15) is 0 Å². The molecule has 1 aromatic rings. The van der Waals surface area contributed by atoms with Gasteiger partial charge in [0.15, 0.2) is 11.6 Å². The molecule has 0 N–H and O–H groups in total. The van der Waals surface area contributed by atoms with Crippen LogP contribution in [0.5, 0.6) is 0 Å². The Hall–Kier alpha value is -1.98. The monoisotopic (exact) mass is 226 g/mol. The molecule has 0 spiro atoms. The van der Waals surface area contributed by atoms with E-state index in [2.05, 4.69) is 0 Å². The van der Waals surface area contributed by atoms with Gasteiger partial charge in [-0.15, -0.1) is 0 Å². The summed E-state index contributed by atoms with van der Waals surface area (Å²) in [4.78, 5) is 11.0. The molecule has 0 saturated heterocycles. The van der Waals surface area contributed by atoms with E-state index in [-0.39, 0.29) is 5.69 Å². The molecular weight excluding hydrogens is 218 g/mol. The van der Waals surface area contributed by atoms with E-state index in [1.807, 2.05) is 0 Å². The Balaban J connectivity index is 2.43. The molecule has 0 aliphatic carbocycles. The minimum Gasteiger partial charge on any atom is -0.359 e. The molecule has 1 aliphatic heterocycles. The lowest BCUT2D eigenvalue weighted by atomic mass is 10.2. The maximum Gasteiger partial charge on any atom is 0.275 e. The third-order valence-electron chi connectivity index (χ3n) is 2.35. The molecule has 84 valence electrons. The lowest BCUT2D eigenvalue weighted by molar-refractivity contribution is -0.385. The summed E-state index contributed by atoms with van der Waals surface area (Å²) in [5.41, 5.74) is -0.790. The Morgan fingerprint density at radius 3 is 2.12 bits per heavy atom. The van der Waals surface area contributed by atoms with Crippen LogP contribution in [0.15, 0.2) is 24.3 Å². The zero-order chi connectivity index (χ0) is 11.7. The Morgan fingerprint density at radius 1 is 1.19 bits per heavy atom. The van der Waals surface area contributed by atoms with Gasteiger partial charge in [-0.05, 0) is 0 Å². The zero-order valence-corrected chi connectivity index (χ0v) is 8.19. The number of nitro groups is 1. The van der Waals surface area contributed by atoms with E-state index in [4.69, 9.17) is 0 Å². The van der Waals surface area contributed by atoms with Crippen molar-refractivity contribution in [2.45, 2.75) is 0 Å². The van der Waals surface area contributed by atoms with E-state index in [1.165, 1.54) is 4.90 Å². The van der Waals surface area contributed by atoms with Gasteiger partial charge in [0, 0.05) is 13.1 Å². The quantitative estimate of drug-likeness (QED) is 0.441. The SMILES string of the molecule is O=[N+]([O-])c1cc(F)c(N2CC=CC2)c(F)c1. The van der Waals surface area contributed by atoms with Crippen LogP contribution in [0.25, 0.3) is 0 Å². The summed E-state index contributed by atoms with van der Waals surface area (Å²) in [6, 6.07) is 1.47. The number of non-ortho nitro benzene ring substituents is 1. The minimum atomic E-state index is -0.907. The van der Waals surface area contributed by atoms with E-state index >= 15 is 0 Å². The largest absolute Gasteiger partial charge is 0.359 e. The standard InChI is InChI=1S/C10H8F2N2O2/c11-8-5-7(14(15)16)6-9(12)10(8)13-3-1-2-4-13/h1-2,5-6H,3-4H2. The van der Waals surface area contributed by atoms with Gasteiger partial charge in [-0.1, -0.05) is 12.2 Å². The number of nitrogens with zero attached hydrogens (tertiary/aromatic N) is 2. The summed E-state index contributed by atoms with van der Waals surface area (Å²) in [6.45, 7) is 0.817. The Labute approximate surface area is 89.9 Å². The van der Waals surface area contributed by atoms with E-state index in [0.29, 0.717) is 13.1 Å². The highest BCUT2D eigenvalue weighted by Gasteiger charge is 2.21. The van der Waals surface area contributed by atoms with Gasteiger partial charge in [0.25, 0.3) is 5.69 Å². The molecule has 0 aromatic heterocycles. The van der Waals surface area contributed by atoms with Gasteiger partial charge in [-0.2, -0.15) is 0 Å². The van der Waals surface area contributed by atoms with Crippen molar-refractivity contribution in [1.82, 2.24) is 0 Å². The summed E-state index contributed by atoms with van der Waals surface area (Å²) in [5, 5.41) is 10.4. The van der Waals surface area contributed by atoms with Crippen LogP contribution in [0.3, 0.4) is 0 Å². The molecular formula is C10H8F2N2O2. The highest BCUT2D eigenvalue weighted by Crippen LogP contribution is 2.28. The third kappa shape index (κ3) is 1.73. The average Bonchev–Trinajstić information content (AvgIpc) is 2.69. The summed E-state index contributed by atoms with van der Waals surface area (Å²) in [7, 11) is 0. The summed E-state index contributed by atoms with van der Waals surface area (Å²) >= 11 is 0. The molecule has 0 bridgehead atoms. The number of hydrogen-bond acceptors (Lipinski definition) is 3. The topological polar surface area (TPSA) is 46.4 Å².